The first kappa shape index (κ1) is 13.1. The topological polar surface area (TPSA) is 55.1 Å². The molecule has 0 saturated heterocycles. The summed E-state index contributed by atoms with van der Waals surface area (Å²) in [5.41, 5.74) is 5.83. The van der Waals surface area contributed by atoms with Crippen molar-refractivity contribution in [1.29, 1.82) is 0 Å². The number of carbonyl (C=O) groups excluding carboxylic acids is 1. The summed E-state index contributed by atoms with van der Waals surface area (Å²) in [7, 11) is 0. The van der Waals surface area contributed by atoms with Crippen molar-refractivity contribution >= 4 is 5.91 Å². The minimum atomic E-state index is -0.563. The summed E-state index contributed by atoms with van der Waals surface area (Å²) in [5.74, 6) is 3.60. The minimum Gasteiger partial charge on any atom is -0.351 e. The Kier molecular flexibility index (Phi) is 3.10. The third kappa shape index (κ3) is 2.09. The van der Waals surface area contributed by atoms with Gasteiger partial charge in [-0.15, -0.1) is 0 Å². The molecule has 0 aromatic rings. The van der Waals surface area contributed by atoms with Gasteiger partial charge in [-0.3, -0.25) is 4.79 Å². The number of amides is 1. The third-order valence-electron chi connectivity index (χ3n) is 6.72. The molecular formula is C17H28N2O. The number of nitrogens with two attached hydrogens (primary N) is 1. The fourth-order valence-corrected chi connectivity index (χ4v) is 5.87. The number of nitrogens with one attached hydrogen (secondary N) is 1. The van der Waals surface area contributed by atoms with Gasteiger partial charge in [0.15, 0.2) is 0 Å². The quantitative estimate of drug-likeness (QED) is 0.814. The van der Waals surface area contributed by atoms with E-state index in [1.807, 2.05) is 0 Å². The van der Waals surface area contributed by atoms with E-state index < -0.39 is 5.54 Å². The highest BCUT2D eigenvalue weighted by Gasteiger charge is 2.49. The summed E-state index contributed by atoms with van der Waals surface area (Å²) in [6.45, 7) is 0. The molecule has 0 atom stereocenters. The van der Waals surface area contributed by atoms with Crippen molar-refractivity contribution in [1.82, 2.24) is 5.32 Å². The molecule has 5 aliphatic rings. The Balaban J connectivity index is 1.45. The molecule has 3 N–H and O–H groups in total. The van der Waals surface area contributed by atoms with E-state index in [1.165, 1.54) is 38.5 Å². The van der Waals surface area contributed by atoms with Crippen LogP contribution in [-0.2, 0) is 4.79 Å². The van der Waals surface area contributed by atoms with Crippen LogP contribution in [0.25, 0.3) is 0 Å². The molecule has 0 spiro atoms. The largest absolute Gasteiger partial charge is 0.351 e. The fourth-order valence-electron chi connectivity index (χ4n) is 5.87. The van der Waals surface area contributed by atoms with Crippen molar-refractivity contribution in [3.8, 4) is 0 Å². The van der Waals surface area contributed by atoms with Crippen molar-refractivity contribution in [3.05, 3.63) is 0 Å². The van der Waals surface area contributed by atoms with Crippen molar-refractivity contribution in [2.75, 3.05) is 0 Å². The second-order valence-corrected chi connectivity index (χ2v) is 8.15. The van der Waals surface area contributed by atoms with Crippen LogP contribution in [0.2, 0.25) is 0 Å². The monoisotopic (exact) mass is 276 g/mol. The van der Waals surface area contributed by atoms with E-state index in [-0.39, 0.29) is 5.91 Å². The first-order valence-corrected chi connectivity index (χ1v) is 8.74. The third-order valence-corrected chi connectivity index (χ3v) is 6.72. The molecule has 20 heavy (non-hydrogen) atoms. The highest BCUT2D eigenvalue weighted by molar-refractivity contribution is 5.86. The average Bonchev–Trinajstić information content (AvgIpc) is 2.42. The van der Waals surface area contributed by atoms with Gasteiger partial charge in [-0.25, -0.2) is 0 Å². The van der Waals surface area contributed by atoms with Gasteiger partial charge in [0.2, 0.25) is 5.91 Å². The zero-order chi connectivity index (χ0) is 13.7. The zero-order valence-electron chi connectivity index (χ0n) is 12.4. The second-order valence-electron chi connectivity index (χ2n) is 8.15. The van der Waals surface area contributed by atoms with Crippen LogP contribution in [0.1, 0.15) is 64.2 Å². The molecule has 0 heterocycles. The molecule has 5 rings (SSSR count). The van der Waals surface area contributed by atoms with Gasteiger partial charge < -0.3 is 11.1 Å². The molecule has 5 fully saturated rings. The lowest BCUT2D eigenvalue weighted by Crippen LogP contribution is -2.62. The highest BCUT2D eigenvalue weighted by atomic mass is 16.2. The van der Waals surface area contributed by atoms with Gasteiger partial charge in [-0.05, 0) is 68.6 Å². The van der Waals surface area contributed by atoms with Crippen LogP contribution in [0.4, 0.5) is 0 Å². The molecular weight excluding hydrogens is 248 g/mol. The molecule has 0 aromatic carbocycles. The number of carbonyl (C=O) groups is 1. The molecule has 3 heteroatoms. The zero-order valence-corrected chi connectivity index (χ0v) is 12.4. The van der Waals surface area contributed by atoms with Crippen molar-refractivity contribution < 1.29 is 4.79 Å². The molecule has 5 saturated carbocycles. The summed E-state index contributed by atoms with van der Waals surface area (Å²) in [5, 5.41) is 3.41. The summed E-state index contributed by atoms with van der Waals surface area (Å²) < 4.78 is 0. The summed E-state index contributed by atoms with van der Waals surface area (Å²) in [6.07, 6.45) is 12.1. The van der Waals surface area contributed by atoms with E-state index in [0.717, 1.165) is 49.4 Å². The molecule has 112 valence electrons. The maximum Gasteiger partial charge on any atom is 0.240 e. The predicted molar refractivity (Wildman–Crippen MR) is 79.0 cm³/mol. The summed E-state index contributed by atoms with van der Waals surface area (Å²) >= 11 is 0. The standard InChI is InChI=1S/C17H28N2O/c18-17(4-2-1-3-5-17)16(20)19-15-13-7-11-6-12(9-13)10-14(15)8-11/h11-15H,1-10,18H2,(H,19,20). The Morgan fingerprint density at radius 3 is 2.00 bits per heavy atom. The molecule has 0 radical (unpaired) electrons. The van der Waals surface area contributed by atoms with Crippen LogP contribution >= 0.6 is 0 Å². The first-order chi connectivity index (χ1) is 9.64. The SMILES string of the molecule is NC1(C(=O)NC2C3CC4CC(C3)CC2C4)CCCCC1. The fraction of sp³-hybridized carbons (Fsp3) is 0.941. The Bertz CT molecular complexity index is 372. The molecule has 0 unspecified atom stereocenters. The van der Waals surface area contributed by atoms with E-state index in [2.05, 4.69) is 5.32 Å². The van der Waals surface area contributed by atoms with Gasteiger partial charge >= 0.3 is 0 Å². The van der Waals surface area contributed by atoms with Gasteiger partial charge in [-0.2, -0.15) is 0 Å². The van der Waals surface area contributed by atoms with Crippen LogP contribution in [0.3, 0.4) is 0 Å². The maximum atomic E-state index is 12.7. The Morgan fingerprint density at radius 2 is 1.45 bits per heavy atom. The van der Waals surface area contributed by atoms with Gasteiger partial charge in [0, 0.05) is 6.04 Å². The Hall–Kier alpha value is -0.570. The summed E-state index contributed by atoms with van der Waals surface area (Å²) in [6, 6.07) is 0.442. The Morgan fingerprint density at radius 1 is 0.900 bits per heavy atom. The molecule has 0 aromatic heterocycles. The molecule has 5 aliphatic carbocycles. The van der Waals surface area contributed by atoms with Crippen molar-refractivity contribution in [2.24, 2.45) is 29.4 Å². The van der Waals surface area contributed by atoms with Crippen LogP contribution in [0.15, 0.2) is 0 Å². The van der Waals surface area contributed by atoms with Gasteiger partial charge in [0.05, 0.1) is 5.54 Å². The lowest BCUT2D eigenvalue weighted by atomic mass is 9.54. The van der Waals surface area contributed by atoms with E-state index in [1.54, 1.807) is 0 Å². The van der Waals surface area contributed by atoms with Gasteiger partial charge in [0.1, 0.15) is 0 Å². The smallest absolute Gasteiger partial charge is 0.240 e. The average molecular weight is 276 g/mol. The lowest BCUT2D eigenvalue weighted by Gasteiger charge is -2.54. The van der Waals surface area contributed by atoms with Crippen LogP contribution in [-0.4, -0.2) is 17.5 Å². The Labute approximate surface area is 122 Å². The maximum absolute atomic E-state index is 12.7. The number of hydrogen-bond acceptors (Lipinski definition) is 2. The molecule has 4 bridgehead atoms. The van der Waals surface area contributed by atoms with Crippen LogP contribution < -0.4 is 11.1 Å². The van der Waals surface area contributed by atoms with E-state index in [4.69, 9.17) is 5.73 Å². The van der Waals surface area contributed by atoms with E-state index in [0.29, 0.717) is 6.04 Å². The molecule has 1 amide bonds. The van der Waals surface area contributed by atoms with E-state index >= 15 is 0 Å². The molecule has 3 nitrogen and oxygen atoms in total. The normalized spacial score (nSPS) is 45.4. The number of hydrogen-bond donors (Lipinski definition) is 2. The van der Waals surface area contributed by atoms with Crippen molar-refractivity contribution in [2.45, 2.75) is 75.8 Å². The predicted octanol–water partition coefficient (Wildman–Crippen LogP) is 2.59. The van der Waals surface area contributed by atoms with Gasteiger partial charge in [-0.1, -0.05) is 19.3 Å². The van der Waals surface area contributed by atoms with Gasteiger partial charge in [0.25, 0.3) is 0 Å². The molecule has 0 aliphatic heterocycles. The van der Waals surface area contributed by atoms with Crippen molar-refractivity contribution in [3.63, 3.8) is 0 Å². The highest BCUT2D eigenvalue weighted by Crippen LogP contribution is 2.53. The summed E-state index contributed by atoms with van der Waals surface area (Å²) in [4.78, 5) is 12.7. The second kappa shape index (κ2) is 4.72. The first-order valence-electron chi connectivity index (χ1n) is 8.74. The van der Waals surface area contributed by atoms with Crippen LogP contribution in [0.5, 0.6) is 0 Å². The van der Waals surface area contributed by atoms with Crippen LogP contribution in [0, 0.1) is 23.7 Å². The number of rotatable bonds is 2. The van der Waals surface area contributed by atoms with E-state index in [9.17, 15) is 4.79 Å². The lowest BCUT2D eigenvalue weighted by molar-refractivity contribution is -0.131. The minimum absolute atomic E-state index is 0.162.